The Bertz CT molecular complexity index is 752. The van der Waals surface area contributed by atoms with Crippen LogP contribution in [0.4, 0.5) is 10.1 Å². The third-order valence-electron chi connectivity index (χ3n) is 2.79. The van der Waals surface area contributed by atoms with E-state index in [0.717, 1.165) is 16.4 Å². The van der Waals surface area contributed by atoms with Crippen molar-refractivity contribution in [1.29, 1.82) is 0 Å². The average Bonchev–Trinajstić information content (AvgIpc) is 2.82. The van der Waals surface area contributed by atoms with Crippen LogP contribution in [0.1, 0.15) is 0 Å². The first kappa shape index (κ1) is 12.8. The number of pyridine rings is 1. The molecular weight excluding hydrogens is 323 g/mol. The van der Waals surface area contributed by atoms with Gasteiger partial charge in [-0.2, -0.15) is 5.10 Å². The molecular formula is C14H10BrFN4. The van der Waals surface area contributed by atoms with Crippen LogP contribution in [0.2, 0.25) is 0 Å². The lowest BCUT2D eigenvalue weighted by Gasteiger charge is -2.01. The Kier molecular flexibility index (Phi) is 3.23. The van der Waals surface area contributed by atoms with Crippen LogP contribution < -0.4 is 5.73 Å². The molecule has 0 fully saturated rings. The van der Waals surface area contributed by atoms with E-state index in [9.17, 15) is 4.39 Å². The van der Waals surface area contributed by atoms with E-state index >= 15 is 0 Å². The summed E-state index contributed by atoms with van der Waals surface area (Å²) >= 11 is 3.41. The molecule has 20 heavy (non-hydrogen) atoms. The summed E-state index contributed by atoms with van der Waals surface area (Å²) in [5, 5.41) is 4.41. The van der Waals surface area contributed by atoms with Crippen LogP contribution in [-0.4, -0.2) is 14.8 Å². The van der Waals surface area contributed by atoms with E-state index in [0.29, 0.717) is 17.1 Å². The zero-order chi connectivity index (χ0) is 14.1. The molecule has 2 aromatic heterocycles. The number of hydrogen-bond acceptors (Lipinski definition) is 3. The van der Waals surface area contributed by atoms with E-state index in [1.807, 2.05) is 24.3 Å². The van der Waals surface area contributed by atoms with E-state index in [1.54, 1.807) is 16.9 Å². The van der Waals surface area contributed by atoms with E-state index in [-0.39, 0.29) is 0 Å². The minimum Gasteiger partial charge on any atom is -0.396 e. The fourth-order valence-corrected chi connectivity index (χ4v) is 2.24. The highest BCUT2D eigenvalue weighted by Gasteiger charge is 2.11. The Labute approximate surface area is 123 Å². The number of hydrogen-bond donors (Lipinski definition) is 1. The largest absolute Gasteiger partial charge is 0.396 e. The van der Waals surface area contributed by atoms with Gasteiger partial charge in [0.2, 0.25) is 0 Å². The summed E-state index contributed by atoms with van der Waals surface area (Å²) in [6, 6.07) is 10.6. The minimum atomic E-state index is -0.390. The Morgan fingerprint density at radius 2 is 2.05 bits per heavy atom. The molecule has 0 atom stereocenters. The van der Waals surface area contributed by atoms with Crippen molar-refractivity contribution in [3.05, 3.63) is 59.1 Å². The van der Waals surface area contributed by atoms with Crippen LogP contribution >= 0.6 is 15.9 Å². The Morgan fingerprint density at radius 1 is 1.20 bits per heavy atom. The lowest BCUT2D eigenvalue weighted by atomic mass is 10.2. The van der Waals surface area contributed by atoms with Gasteiger partial charge in [-0.1, -0.05) is 22.0 Å². The average molecular weight is 333 g/mol. The summed E-state index contributed by atoms with van der Waals surface area (Å²) in [5.41, 5.74) is 8.39. The van der Waals surface area contributed by atoms with Crippen LogP contribution in [0.5, 0.6) is 0 Å². The van der Waals surface area contributed by atoms with Gasteiger partial charge in [-0.25, -0.2) is 9.07 Å². The van der Waals surface area contributed by atoms with Gasteiger partial charge in [-0.05, 0) is 30.3 Å². The SMILES string of the molecule is Nc1cn(-c2cccc(Br)c2)nc1-c1ccc(F)cn1. The molecule has 6 heteroatoms. The van der Waals surface area contributed by atoms with Crippen molar-refractivity contribution in [2.75, 3.05) is 5.73 Å². The Morgan fingerprint density at radius 3 is 2.75 bits per heavy atom. The van der Waals surface area contributed by atoms with Crippen molar-refractivity contribution >= 4 is 21.6 Å². The predicted octanol–water partition coefficient (Wildman–Crippen LogP) is 3.42. The summed E-state index contributed by atoms with van der Waals surface area (Å²) < 4.78 is 15.5. The third-order valence-corrected chi connectivity index (χ3v) is 3.28. The molecule has 3 rings (SSSR count). The maximum atomic E-state index is 12.9. The number of rotatable bonds is 2. The molecule has 3 aromatic rings. The molecule has 0 unspecified atom stereocenters. The van der Waals surface area contributed by atoms with Gasteiger partial charge in [0.25, 0.3) is 0 Å². The zero-order valence-electron chi connectivity index (χ0n) is 10.3. The highest BCUT2D eigenvalue weighted by molar-refractivity contribution is 9.10. The molecule has 0 bridgehead atoms. The third kappa shape index (κ3) is 2.42. The van der Waals surface area contributed by atoms with Gasteiger partial charge in [0.1, 0.15) is 11.5 Å². The lowest BCUT2D eigenvalue weighted by molar-refractivity contribution is 0.621. The van der Waals surface area contributed by atoms with Crippen molar-refractivity contribution in [3.8, 4) is 17.1 Å². The number of nitrogen functional groups attached to an aromatic ring is 1. The molecule has 100 valence electrons. The molecule has 2 heterocycles. The van der Waals surface area contributed by atoms with Gasteiger partial charge in [0.15, 0.2) is 0 Å². The van der Waals surface area contributed by atoms with Gasteiger partial charge >= 0.3 is 0 Å². The summed E-state index contributed by atoms with van der Waals surface area (Å²) in [6.45, 7) is 0. The zero-order valence-corrected chi connectivity index (χ0v) is 11.9. The van der Waals surface area contributed by atoms with E-state index in [4.69, 9.17) is 5.73 Å². The van der Waals surface area contributed by atoms with Gasteiger partial charge in [0.05, 0.1) is 29.5 Å². The molecule has 2 N–H and O–H groups in total. The summed E-state index contributed by atoms with van der Waals surface area (Å²) in [7, 11) is 0. The molecule has 0 saturated heterocycles. The molecule has 4 nitrogen and oxygen atoms in total. The van der Waals surface area contributed by atoms with Crippen LogP contribution in [0.25, 0.3) is 17.1 Å². The van der Waals surface area contributed by atoms with Crippen molar-refractivity contribution in [3.63, 3.8) is 0 Å². The second-order valence-electron chi connectivity index (χ2n) is 4.22. The topological polar surface area (TPSA) is 56.7 Å². The van der Waals surface area contributed by atoms with Gasteiger partial charge in [0, 0.05) is 4.47 Å². The Hall–Kier alpha value is -2.21. The second-order valence-corrected chi connectivity index (χ2v) is 5.13. The molecule has 0 aliphatic rings. The fourth-order valence-electron chi connectivity index (χ4n) is 1.85. The van der Waals surface area contributed by atoms with Gasteiger partial charge in [-0.15, -0.1) is 0 Å². The summed E-state index contributed by atoms with van der Waals surface area (Å²) in [6.07, 6.45) is 2.86. The lowest BCUT2D eigenvalue weighted by Crippen LogP contribution is -1.95. The fraction of sp³-hybridized carbons (Fsp3) is 0. The van der Waals surface area contributed by atoms with Gasteiger partial charge in [-0.3, -0.25) is 4.98 Å². The monoisotopic (exact) mass is 332 g/mol. The Balaban J connectivity index is 2.05. The van der Waals surface area contributed by atoms with Gasteiger partial charge < -0.3 is 5.73 Å². The van der Waals surface area contributed by atoms with E-state index < -0.39 is 5.82 Å². The quantitative estimate of drug-likeness (QED) is 0.782. The number of nitrogens with two attached hydrogens (primary N) is 1. The number of aromatic nitrogens is 3. The summed E-state index contributed by atoms with van der Waals surface area (Å²) in [5.74, 6) is -0.390. The molecule has 0 radical (unpaired) electrons. The number of benzene rings is 1. The minimum absolute atomic E-state index is 0.390. The first-order valence-corrected chi connectivity index (χ1v) is 6.66. The summed E-state index contributed by atoms with van der Waals surface area (Å²) in [4.78, 5) is 3.99. The number of halogens is 2. The molecule has 0 spiro atoms. The smallest absolute Gasteiger partial charge is 0.141 e. The highest BCUT2D eigenvalue weighted by Crippen LogP contribution is 2.24. The first-order chi connectivity index (χ1) is 9.63. The second kappa shape index (κ2) is 5.05. The normalized spacial score (nSPS) is 10.7. The predicted molar refractivity (Wildman–Crippen MR) is 78.9 cm³/mol. The van der Waals surface area contributed by atoms with Crippen LogP contribution in [0.15, 0.2) is 53.3 Å². The standard InChI is InChI=1S/C14H10BrFN4/c15-9-2-1-3-11(6-9)20-8-12(17)14(19-20)13-5-4-10(16)7-18-13/h1-8H,17H2. The number of nitrogens with zero attached hydrogens (tertiary/aromatic N) is 3. The molecule has 0 aliphatic heterocycles. The van der Waals surface area contributed by atoms with E-state index in [2.05, 4.69) is 26.0 Å². The molecule has 0 aliphatic carbocycles. The maximum absolute atomic E-state index is 12.9. The van der Waals surface area contributed by atoms with Crippen LogP contribution in [-0.2, 0) is 0 Å². The van der Waals surface area contributed by atoms with Crippen molar-refractivity contribution < 1.29 is 4.39 Å². The molecule has 0 amide bonds. The molecule has 0 saturated carbocycles. The number of anilines is 1. The van der Waals surface area contributed by atoms with Crippen molar-refractivity contribution in [1.82, 2.24) is 14.8 Å². The van der Waals surface area contributed by atoms with Crippen LogP contribution in [0.3, 0.4) is 0 Å². The van der Waals surface area contributed by atoms with Crippen molar-refractivity contribution in [2.24, 2.45) is 0 Å². The van der Waals surface area contributed by atoms with E-state index in [1.165, 1.54) is 6.07 Å². The highest BCUT2D eigenvalue weighted by atomic mass is 79.9. The van der Waals surface area contributed by atoms with Crippen LogP contribution in [0, 0.1) is 5.82 Å². The first-order valence-electron chi connectivity index (χ1n) is 5.86. The molecule has 1 aromatic carbocycles. The maximum Gasteiger partial charge on any atom is 0.141 e. The van der Waals surface area contributed by atoms with Crippen molar-refractivity contribution in [2.45, 2.75) is 0 Å².